The van der Waals surface area contributed by atoms with Crippen LogP contribution in [-0.4, -0.2) is 93.5 Å². The highest BCUT2D eigenvalue weighted by Gasteiger charge is 2.32. The maximum absolute atomic E-state index is 14.3. The van der Waals surface area contributed by atoms with E-state index in [1.54, 1.807) is 29.5 Å². The van der Waals surface area contributed by atoms with E-state index in [1.165, 1.54) is 15.8 Å². The molecule has 2 aliphatic rings. The van der Waals surface area contributed by atoms with Gasteiger partial charge in [0.1, 0.15) is 24.3 Å². The van der Waals surface area contributed by atoms with Crippen LogP contribution >= 0.6 is 11.6 Å². The van der Waals surface area contributed by atoms with E-state index in [9.17, 15) is 32.7 Å². The van der Waals surface area contributed by atoms with Crippen molar-refractivity contribution >= 4 is 40.6 Å². The summed E-state index contributed by atoms with van der Waals surface area (Å²) < 4.78 is 49.6. The van der Waals surface area contributed by atoms with E-state index in [4.69, 9.17) is 16.3 Å². The Bertz CT molecular complexity index is 2250. The number of amides is 2. The van der Waals surface area contributed by atoms with Crippen LogP contribution in [0.3, 0.4) is 0 Å². The minimum atomic E-state index is -4.62. The molecule has 2 aliphatic heterocycles. The number of rotatable bonds is 7. The van der Waals surface area contributed by atoms with E-state index in [0.29, 0.717) is 31.1 Å². The van der Waals surface area contributed by atoms with Gasteiger partial charge in [0.15, 0.2) is 11.4 Å². The second-order valence-corrected chi connectivity index (χ2v) is 12.6. The number of hydrogen-bond donors (Lipinski definition) is 2. The number of halogens is 4. The molecule has 272 valence electrons. The molecule has 0 aliphatic carbocycles. The average Bonchev–Trinajstić information content (AvgIpc) is 3.76. The number of anilines is 2. The Hall–Kier alpha value is -5.56. The fourth-order valence-corrected chi connectivity index (χ4v) is 6.50. The zero-order valence-electron chi connectivity index (χ0n) is 27.8. The Balaban J connectivity index is 1.25. The first kappa shape index (κ1) is 34.9. The highest BCUT2D eigenvalue weighted by Crippen LogP contribution is 2.34. The van der Waals surface area contributed by atoms with E-state index in [1.807, 2.05) is 0 Å². The molecule has 0 spiro atoms. The van der Waals surface area contributed by atoms with Gasteiger partial charge in [0.2, 0.25) is 17.5 Å². The van der Waals surface area contributed by atoms with Crippen LogP contribution in [0.2, 0.25) is 5.02 Å². The van der Waals surface area contributed by atoms with Crippen LogP contribution in [0.15, 0.2) is 35.4 Å². The Kier molecular flexibility index (Phi) is 9.07. The maximum atomic E-state index is 14.3. The number of nitrogens with zero attached hydrogens (tertiary/aromatic N) is 10. The molecule has 0 saturated carbocycles. The summed E-state index contributed by atoms with van der Waals surface area (Å²) in [7, 11) is 0. The van der Waals surface area contributed by atoms with E-state index in [0.717, 1.165) is 28.4 Å². The van der Waals surface area contributed by atoms with Gasteiger partial charge >= 0.3 is 6.18 Å². The third-order valence-electron chi connectivity index (χ3n) is 8.91. The lowest BCUT2D eigenvalue weighted by Crippen LogP contribution is -2.51. The molecular weight excluding hydrogens is 711 g/mol. The average molecular weight is 742 g/mol. The van der Waals surface area contributed by atoms with Crippen LogP contribution in [0.25, 0.3) is 17.3 Å². The van der Waals surface area contributed by atoms with Crippen molar-refractivity contribution in [1.82, 2.24) is 43.8 Å². The van der Waals surface area contributed by atoms with Crippen molar-refractivity contribution in [3.05, 3.63) is 74.3 Å². The molecule has 52 heavy (non-hydrogen) atoms. The van der Waals surface area contributed by atoms with Crippen LogP contribution in [0.4, 0.5) is 24.5 Å². The van der Waals surface area contributed by atoms with Crippen molar-refractivity contribution in [3.63, 3.8) is 0 Å². The molecule has 16 nitrogen and oxygen atoms in total. The molecule has 0 radical (unpaired) electrons. The van der Waals surface area contributed by atoms with Crippen molar-refractivity contribution in [2.45, 2.75) is 46.1 Å². The zero-order chi connectivity index (χ0) is 36.9. The van der Waals surface area contributed by atoms with Crippen LogP contribution in [0.1, 0.15) is 40.1 Å². The number of ether oxygens (including phenoxy) is 1. The first-order valence-corrected chi connectivity index (χ1v) is 16.6. The molecule has 6 heterocycles. The van der Waals surface area contributed by atoms with Crippen LogP contribution < -0.4 is 15.8 Å². The van der Waals surface area contributed by atoms with Gasteiger partial charge in [0.25, 0.3) is 11.5 Å². The Morgan fingerprint density at radius 1 is 1.08 bits per heavy atom. The number of alkyl halides is 3. The number of benzene rings is 1. The summed E-state index contributed by atoms with van der Waals surface area (Å²) in [5.41, 5.74) is 0.494. The largest absolute Gasteiger partial charge is 0.504 e. The fraction of sp³-hybridized carbons (Fsp3) is 0.375. The third kappa shape index (κ3) is 6.40. The zero-order valence-corrected chi connectivity index (χ0v) is 28.6. The van der Waals surface area contributed by atoms with Gasteiger partial charge < -0.3 is 29.5 Å². The lowest BCUT2D eigenvalue weighted by molar-refractivity contribution is -0.137. The van der Waals surface area contributed by atoms with Crippen molar-refractivity contribution in [2.75, 3.05) is 43.0 Å². The summed E-state index contributed by atoms with van der Waals surface area (Å²) in [6.45, 7) is 5.09. The maximum Gasteiger partial charge on any atom is 0.416 e. The molecule has 20 heteroatoms. The van der Waals surface area contributed by atoms with E-state index >= 15 is 0 Å². The smallest absolute Gasteiger partial charge is 0.416 e. The summed E-state index contributed by atoms with van der Waals surface area (Å²) in [6.07, 6.45) is -3.16. The van der Waals surface area contributed by atoms with Gasteiger partial charge in [0, 0.05) is 26.2 Å². The van der Waals surface area contributed by atoms with Crippen molar-refractivity contribution in [2.24, 2.45) is 0 Å². The Labute approximate surface area is 297 Å². The number of aromatic hydroxyl groups is 1. The molecule has 4 aromatic heterocycles. The number of fused-ring (bicyclic) bond motifs is 2. The van der Waals surface area contributed by atoms with Gasteiger partial charge in [-0.1, -0.05) is 18.5 Å². The van der Waals surface area contributed by atoms with Crippen molar-refractivity contribution in [3.8, 4) is 17.3 Å². The number of aromatic nitrogens is 8. The molecule has 5 aromatic rings. The molecule has 0 bridgehead atoms. The standard InChI is InChI=1S/C32H31ClF3N11O5/c1-3-23-26(43-6-8-44(9-7-43)29(50)25-27(49)17(2)37-16-38-25)30(51)47-31(40-28(42-47)22-13-19-15-52-11-10-46(19)41-22)45(23)14-24(48)39-21-5-4-18(12-20(21)33)32(34,35)36/h4-5,12-13,16,49H,3,6-11,14-15H2,1-2H3,(H,39,48). The van der Waals surface area contributed by atoms with E-state index in [-0.39, 0.29) is 77.7 Å². The lowest BCUT2D eigenvalue weighted by atomic mass is 10.2. The number of hydrogen-bond acceptors (Lipinski definition) is 11. The number of carbonyl (C=O) groups is 2. The minimum absolute atomic E-state index is 0.0336. The molecule has 0 unspecified atom stereocenters. The summed E-state index contributed by atoms with van der Waals surface area (Å²) in [6, 6.07) is 4.37. The summed E-state index contributed by atoms with van der Waals surface area (Å²) in [4.78, 5) is 56.9. The van der Waals surface area contributed by atoms with Gasteiger partial charge in [-0.15, -0.1) is 5.10 Å². The number of piperazine rings is 1. The minimum Gasteiger partial charge on any atom is -0.504 e. The fourth-order valence-electron chi connectivity index (χ4n) is 6.27. The highest BCUT2D eigenvalue weighted by atomic mass is 35.5. The summed E-state index contributed by atoms with van der Waals surface area (Å²) >= 11 is 6.12. The van der Waals surface area contributed by atoms with Crippen LogP contribution in [-0.2, 0) is 41.8 Å². The number of carbonyl (C=O) groups excluding carboxylic acids is 2. The third-order valence-corrected chi connectivity index (χ3v) is 9.23. The van der Waals surface area contributed by atoms with Crippen LogP contribution in [0, 0.1) is 6.92 Å². The van der Waals surface area contributed by atoms with Gasteiger partial charge in [-0.25, -0.2) is 9.97 Å². The SMILES string of the molecule is CCc1c(N2CCN(C(=O)c3ncnc(C)c3O)CC2)c(=O)n2nc(-c3cc4n(n3)CCOC4)nc2n1CC(=O)Nc1ccc(C(F)(F)F)cc1Cl. The normalized spacial score (nSPS) is 14.9. The number of aryl methyl sites for hydroxylation is 1. The highest BCUT2D eigenvalue weighted by molar-refractivity contribution is 6.33. The molecule has 2 N–H and O–H groups in total. The molecule has 0 atom stereocenters. The molecule has 7 rings (SSSR count). The topological polar surface area (TPSA) is 178 Å². The summed E-state index contributed by atoms with van der Waals surface area (Å²) in [5.74, 6) is -1.27. The molecule has 1 aromatic carbocycles. The Morgan fingerprint density at radius 2 is 1.85 bits per heavy atom. The first-order valence-electron chi connectivity index (χ1n) is 16.2. The van der Waals surface area contributed by atoms with Gasteiger partial charge in [-0.2, -0.15) is 27.8 Å². The predicted molar refractivity (Wildman–Crippen MR) is 179 cm³/mol. The van der Waals surface area contributed by atoms with E-state index in [2.05, 4.69) is 30.5 Å². The van der Waals surface area contributed by atoms with Gasteiger partial charge in [-0.05, 0) is 37.6 Å². The molecular formula is C32H31ClF3N11O5. The lowest BCUT2D eigenvalue weighted by Gasteiger charge is -2.36. The van der Waals surface area contributed by atoms with Crippen LogP contribution in [0.5, 0.6) is 5.75 Å². The van der Waals surface area contributed by atoms with Gasteiger partial charge in [-0.3, -0.25) is 19.1 Å². The Morgan fingerprint density at radius 3 is 2.54 bits per heavy atom. The van der Waals surface area contributed by atoms with Gasteiger partial charge in [0.05, 0.1) is 53.1 Å². The molecule has 2 amide bonds. The second kappa shape index (κ2) is 13.5. The first-order chi connectivity index (χ1) is 24.8. The predicted octanol–water partition coefficient (Wildman–Crippen LogP) is 2.92. The number of nitrogens with one attached hydrogen (secondary N) is 1. The molecule has 1 saturated heterocycles. The summed E-state index contributed by atoms with van der Waals surface area (Å²) in [5, 5.41) is 21.7. The quantitative estimate of drug-likeness (QED) is 0.251. The van der Waals surface area contributed by atoms with Crippen molar-refractivity contribution in [1.29, 1.82) is 0 Å². The molecule has 1 fully saturated rings. The van der Waals surface area contributed by atoms with Crippen molar-refractivity contribution < 1.29 is 32.6 Å². The monoisotopic (exact) mass is 741 g/mol. The second-order valence-electron chi connectivity index (χ2n) is 12.2. The van der Waals surface area contributed by atoms with E-state index < -0.39 is 35.7 Å².